The van der Waals surface area contributed by atoms with Crippen LogP contribution in [0.4, 0.5) is 9.93 Å². The van der Waals surface area contributed by atoms with E-state index < -0.39 is 6.10 Å². The number of hydrogen-bond donors (Lipinski definition) is 3. The lowest BCUT2D eigenvalue weighted by Crippen LogP contribution is -2.28. The number of amides is 2. The highest BCUT2D eigenvalue weighted by molar-refractivity contribution is 7.22. The molecule has 152 valence electrons. The first-order valence-corrected chi connectivity index (χ1v) is 10.1. The molecule has 2 amide bonds. The molecule has 3 aromatic heterocycles. The van der Waals surface area contributed by atoms with Gasteiger partial charge in [-0.15, -0.1) is 0 Å². The monoisotopic (exact) mass is 421 g/mol. The van der Waals surface area contributed by atoms with Crippen molar-refractivity contribution in [1.29, 1.82) is 0 Å². The third-order valence-electron chi connectivity index (χ3n) is 4.23. The number of hydrogen-bond acceptors (Lipinski definition) is 8. The van der Waals surface area contributed by atoms with Crippen LogP contribution < -0.4 is 10.6 Å². The lowest BCUT2D eigenvalue weighted by atomic mass is 10.0. The summed E-state index contributed by atoms with van der Waals surface area (Å²) in [6, 6.07) is 5.30. The number of nitrogens with zero attached hydrogens (tertiary/aromatic N) is 5. The van der Waals surface area contributed by atoms with E-state index >= 15 is 0 Å². The number of aliphatic hydroxyl groups is 1. The number of anilines is 1. The number of carbonyl (C=O) groups is 1. The number of fused-ring (bicyclic) bond motifs is 1. The van der Waals surface area contributed by atoms with Crippen LogP contribution in [-0.2, 0) is 0 Å². The molecule has 0 saturated heterocycles. The van der Waals surface area contributed by atoms with Gasteiger partial charge in [0.25, 0.3) is 0 Å². The number of urea groups is 1. The fraction of sp³-hybridized carbons (Fsp3) is 0.200. The molecule has 10 heteroatoms. The van der Waals surface area contributed by atoms with Crippen LogP contribution in [0.1, 0.15) is 25.8 Å². The molecule has 1 unspecified atom stereocenters. The number of benzene rings is 1. The molecule has 4 rings (SSSR count). The Hall–Kier alpha value is -3.50. The average molecular weight is 421 g/mol. The van der Waals surface area contributed by atoms with Crippen molar-refractivity contribution < 1.29 is 9.90 Å². The second kappa shape index (κ2) is 8.47. The van der Waals surface area contributed by atoms with Crippen LogP contribution in [0.5, 0.6) is 0 Å². The molecule has 0 saturated carbocycles. The van der Waals surface area contributed by atoms with Gasteiger partial charge in [-0.2, -0.15) is 0 Å². The number of aromatic nitrogens is 5. The maximum absolute atomic E-state index is 11.9. The average Bonchev–Trinajstić information content (AvgIpc) is 3.16. The SMILES string of the molecule is CCNC(=O)Nc1nc2cc(-c3cnc(C(C)O)nc3)cc(-c3ncccn3)c2s1. The number of nitrogens with one attached hydrogen (secondary N) is 2. The largest absolute Gasteiger partial charge is 0.385 e. The highest BCUT2D eigenvalue weighted by atomic mass is 32.1. The molecule has 1 atom stereocenters. The summed E-state index contributed by atoms with van der Waals surface area (Å²) in [5, 5.41) is 15.6. The molecule has 0 spiro atoms. The van der Waals surface area contributed by atoms with E-state index in [0.29, 0.717) is 28.8 Å². The Morgan fingerprint density at radius 2 is 1.87 bits per heavy atom. The van der Waals surface area contributed by atoms with Crippen molar-refractivity contribution in [2.45, 2.75) is 20.0 Å². The Balaban J connectivity index is 1.82. The molecule has 4 aromatic rings. The quantitative estimate of drug-likeness (QED) is 0.451. The van der Waals surface area contributed by atoms with Crippen LogP contribution in [0.2, 0.25) is 0 Å². The van der Waals surface area contributed by atoms with Gasteiger partial charge in [0.2, 0.25) is 0 Å². The molecule has 0 aliphatic carbocycles. The highest BCUT2D eigenvalue weighted by Gasteiger charge is 2.16. The van der Waals surface area contributed by atoms with Crippen molar-refractivity contribution in [2.24, 2.45) is 0 Å². The van der Waals surface area contributed by atoms with Gasteiger partial charge >= 0.3 is 6.03 Å². The van der Waals surface area contributed by atoms with Gasteiger partial charge in [0.05, 0.1) is 10.2 Å². The van der Waals surface area contributed by atoms with Crippen molar-refractivity contribution >= 4 is 32.7 Å². The van der Waals surface area contributed by atoms with Gasteiger partial charge < -0.3 is 10.4 Å². The normalized spacial score (nSPS) is 12.0. The summed E-state index contributed by atoms with van der Waals surface area (Å²) >= 11 is 1.36. The minimum atomic E-state index is -0.740. The van der Waals surface area contributed by atoms with Gasteiger partial charge in [-0.1, -0.05) is 11.3 Å². The van der Waals surface area contributed by atoms with Gasteiger partial charge in [-0.05, 0) is 37.6 Å². The summed E-state index contributed by atoms with van der Waals surface area (Å²) in [4.78, 5) is 33.7. The van der Waals surface area contributed by atoms with Crippen molar-refractivity contribution in [2.75, 3.05) is 11.9 Å². The fourth-order valence-corrected chi connectivity index (χ4v) is 3.81. The van der Waals surface area contributed by atoms with Gasteiger partial charge in [0, 0.05) is 42.5 Å². The molecule has 30 heavy (non-hydrogen) atoms. The zero-order chi connectivity index (χ0) is 21.1. The maximum Gasteiger partial charge on any atom is 0.321 e. The lowest BCUT2D eigenvalue weighted by Gasteiger charge is -2.07. The zero-order valence-electron chi connectivity index (χ0n) is 16.3. The molecule has 3 N–H and O–H groups in total. The van der Waals surface area contributed by atoms with E-state index in [1.54, 1.807) is 37.8 Å². The Kier molecular flexibility index (Phi) is 5.59. The first-order valence-electron chi connectivity index (χ1n) is 9.32. The summed E-state index contributed by atoms with van der Waals surface area (Å²) in [6.45, 7) is 3.98. The van der Waals surface area contributed by atoms with Crippen LogP contribution in [0, 0.1) is 0 Å². The van der Waals surface area contributed by atoms with Gasteiger partial charge in [0.15, 0.2) is 16.8 Å². The van der Waals surface area contributed by atoms with E-state index in [4.69, 9.17) is 0 Å². The standard InChI is InChI=1S/C20H19N7O2S/c1-3-21-19(29)27-20-26-15-8-12(13-9-24-17(11(2)28)25-10-13)7-14(16(15)30-20)18-22-5-4-6-23-18/h4-11,28H,3H2,1-2H3,(H2,21,26,27,29). The Bertz CT molecular complexity index is 1180. The molecule has 0 bridgehead atoms. The molecule has 0 fully saturated rings. The van der Waals surface area contributed by atoms with E-state index in [1.807, 2.05) is 19.1 Å². The molecular weight excluding hydrogens is 402 g/mol. The van der Waals surface area contributed by atoms with Crippen LogP contribution in [0.3, 0.4) is 0 Å². The van der Waals surface area contributed by atoms with Crippen molar-refractivity contribution in [3.05, 3.63) is 48.8 Å². The van der Waals surface area contributed by atoms with E-state index in [0.717, 1.165) is 21.4 Å². The first kappa shape index (κ1) is 19.8. The minimum absolute atomic E-state index is 0.309. The van der Waals surface area contributed by atoms with Gasteiger partial charge in [0.1, 0.15) is 6.10 Å². The van der Waals surface area contributed by atoms with E-state index in [9.17, 15) is 9.90 Å². The molecular formula is C20H19N7O2S. The third-order valence-corrected chi connectivity index (χ3v) is 5.25. The fourth-order valence-electron chi connectivity index (χ4n) is 2.86. The molecule has 3 heterocycles. The van der Waals surface area contributed by atoms with Gasteiger partial charge in [-0.25, -0.2) is 29.7 Å². The van der Waals surface area contributed by atoms with E-state index in [-0.39, 0.29) is 6.03 Å². The predicted octanol–water partition coefficient (Wildman–Crippen LogP) is 3.41. The lowest BCUT2D eigenvalue weighted by molar-refractivity contribution is 0.189. The summed E-state index contributed by atoms with van der Waals surface area (Å²) in [7, 11) is 0. The molecule has 0 aliphatic rings. The van der Waals surface area contributed by atoms with E-state index in [1.165, 1.54) is 11.3 Å². The maximum atomic E-state index is 11.9. The van der Waals surface area contributed by atoms with E-state index in [2.05, 4.69) is 35.6 Å². The van der Waals surface area contributed by atoms with Gasteiger partial charge in [-0.3, -0.25) is 5.32 Å². The summed E-state index contributed by atoms with van der Waals surface area (Å²) < 4.78 is 0.860. The Labute approximate surface area is 176 Å². The van der Waals surface area contributed by atoms with Crippen molar-refractivity contribution in [3.63, 3.8) is 0 Å². The molecule has 9 nitrogen and oxygen atoms in total. The number of thiazole rings is 1. The Morgan fingerprint density at radius 3 is 2.53 bits per heavy atom. The number of carbonyl (C=O) groups excluding carboxylic acids is 1. The van der Waals surface area contributed by atoms with Crippen LogP contribution in [0.25, 0.3) is 32.7 Å². The molecule has 0 radical (unpaired) electrons. The van der Waals surface area contributed by atoms with Crippen molar-refractivity contribution in [1.82, 2.24) is 30.2 Å². The van der Waals surface area contributed by atoms with Crippen LogP contribution in [0.15, 0.2) is 43.0 Å². The molecule has 0 aliphatic heterocycles. The summed E-state index contributed by atoms with van der Waals surface area (Å²) in [5.41, 5.74) is 3.09. The Morgan fingerprint density at radius 1 is 1.13 bits per heavy atom. The second-order valence-electron chi connectivity index (χ2n) is 6.45. The number of aliphatic hydroxyl groups excluding tert-OH is 1. The molecule has 1 aromatic carbocycles. The first-order chi connectivity index (χ1) is 14.5. The summed E-state index contributed by atoms with van der Waals surface area (Å²) in [5.74, 6) is 0.910. The zero-order valence-corrected chi connectivity index (χ0v) is 17.1. The van der Waals surface area contributed by atoms with Crippen molar-refractivity contribution in [3.8, 4) is 22.5 Å². The van der Waals surface area contributed by atoms with Crippen LogP contribution >= 0.6 is 11.3 Å². The third kappa shape index (κ3) is 4.09. The summed E-state index contributed by atoms with van der Waals surface area (Å²) in [6.07, 6.45) is 5.93. The highest BCUT2D eigenvalue weighted by Crippen LogP contribution is 2.37. The second-order valence-corrected chi connectivity index (χ2v) is 7.45. The predicted molar refractivity (Wildman–Crippen MR) is 115 cm³/mol. The minimum Gasteiger partial charge on any atom is -0.385 e. The van der Waals surface area contributed by atoms with Crippen LogP contribution in [-0.4, -0.2) is 42.6 Å². The smallest absolute Gasteiger partial charge is 0.321 e. The number of rotatable bonds is 5. The topological polar surface area (TPSA) is 126 Å².